The van der Waals surface area contributed by atoms with Crippen LogP contribution in [0.4, 0.5) is 5.69 Å². The van der Waals surface area contributed by atoms with Crippen molar-refractivity contribution in [3.05, 3.63) is 64.8 Å². The second-order valence-electron chi connectivity index (χ2n) is 7.90. The number of para-hydroxylation sites is 1. The SMILES string of the molecule is Cc1cccc(N2CCN(C(=O)Cc3c(C)n(C)c4ccccc34)CC2)c1C. The molecule has 1 aliphatic heterocycles. The predicted octanol–water partition coefficient (Wildman–Crippen LogP) is 3.99. The molecule has 146 valence electrons. The zero-order valence-electron chi connectivity index (χ0n) is 17.3. The van der Waals surface area contributed by atoms with Crippen molar-refractivity contribution in [3.63, 3.8) is 0 Å². The van der Waals surface area contributed by atoms with E-state index in [0.29, 0.717) is 6.42 Å². The van der Waals surface area contributed by atoms with E-state index in [-0.39, 0.29) is 5.91 Å². The Bertz CT molecular complexity index is 1030. The van der Waals surface area contributed by atoms with E-state index >= 15 is 0 Å². The van der Waals surface area contributed by atoms with Gasteiger partial charge in [0.2, 0.25) is 5.91 Å². The van der Waals surface area contributed by atoms with Crippen molar-refractivity contribution < 1.29 is 4.79 Å². The molecule has 1 aromatic heterocycles. The van der Waals surface area contributed by atoms with Crippen molar-refractivity contribution in [2.75, 3.05) is 31.1 Å². The highest BCUT2D eigenvalue weighted by molar-refractivity contribution is 5.90. The molecule has 4 nitrogen and oxygen atoms in total. The molecular formula is C24H29N3O. The van der Waals surface area contributed by atoms with E-state index in [4.69, 9.17) is 0 Å². The highest BCUT2D eigenvalue weighted by Gasteiger charge is 2.24. The van der Waals surface area contributed by atoms with E-state index in [9.17, 15) is 4.79 Å². The summed E-state index contributed by atoms with van der Waals surface area (Å²) in [4.78, 5) is 17.5. The first kappa shape index (κ1) is 18.6. The number of aromatic nitrogens is 1. The molecule has 0 bridgehead atoms. The van der Waals surface area contributed by atoms with Gasteiger partial charge in [-0.2, -0.15) is 0 Å². The van der Waals surface area contributed by atoms with Crippen LogP contribution in [0.3, 0.4) is 0 Å². The van der Waals surface area contributed by atoms with E-state index in [1.165, 1.54) is 39.0 Å². The molecule has 0 unspecified atom stereocenters. The molecule has 1 aliphatic rings. The summed E-state index contributed by atoms with van der Waals surface area (Å²) in [5.74, 6) is 0.236. The van der Waals surface area contributed by atoms with Crippen LogP contribution in [-0.4, -0.2) is 41.6 Å². The lowest BCUT2D eigenvalue weighted by Gasteiger charge is -2.37. The summed E-state index contributed by atoms with van der Waals surface area (Å²) in [6.45, 7) is 9.82. The van der Waals surface area contributed by atoms with Crippen LogP contribution in [0.25, 0.3) is 10.9 Å². The Morgan fingerprint density at radius 2 is 1.64 bits per heavy atom. The zero-order chi connectivity index (χ0) is 19.8. The van der Waals surface area contributed by atoms with Gasteiger partial charge in [0.15, 0.2) is 0 Å². The standard InChI is InChI=1S/C24H29N3O/c1-17-8-7-11-22(18(17)2)26-12-14-27(15-13-26)24(28)16-21-19(3)25(4)23-10-6-5-9-20(21)23/h5-11H,12-16H2,1-4H3. The first-order chi connectivity index (χ1) is 13.5. The number of nitrogens with zero attached hydrogens (tertiary/aromatic N) is 3. The van der Waals surface area contributed by atoms with Crippen molar-refractivity contribution in [3.8, 4) is 0 Å². The van der Waals surface area contributed by atoms with Crippen LogP contribution in [0.1, 0.15) is 22.4 Å². The number of carbonyl (C=O) groups is 1. The van der Waals surface area contributed by atoms with Crippen LogP contribution >= 0.6 is 0 Å². The third kappa shape index (κ3) is 3.17. The lowest BCUT2D eigenvalue weighted by molar-refractivity contribution is -0.130. The van der Waals surface area contributed by atoms with Gasteiger partial charge in [-0.3, -0.25) is 4.79 Å². The Morgan fingerprint density at radius 1 is 0.929 bits per heavy atom. The van der Waals surface area contributed by atoms with E-state index < -0.39 is 0 Å². The molecule has 4 heteroatoms. The van der Waals surface area contributed by atoms with Gasteiger partial charge in [0, 0.05) is 55.5 Å². The summed E-state index contributed by atoms with van der Waals surface area (Å²) in [5.41, 5.74) is 7.51. The zero-order valence-corrected chi connectivity index (χ0v) is 17.3. The van der Waals surface area contributed by atoms with E-state index in [0.717, 1.165) is 26.2 Å². The molecular weight excluding hydrogens is 346 g/mol. The first-order valence-electron chi connectivity index (χ1n) is 10.1. The molecule has 2 aromatic carbocycles. The van der Waals surface area contributed by atoms with Crippen LogP contribution in [0.2, 0.25) is 0 Å². The molecule has 1 saturated heterocycles. The molecule has 1 amide bonds. The van der Waals surface area contributed by atoms with Gasteiger partial charge >= 0.3 is 0 Å². The minimum absolute atomic E-state index is 0.236. The predicted molar refractivity (Wildman–Crippen MR) is 116 cm³/mol. The quantitative estimate of drug-likeness (QED) is 0.692. The summed E-state index contributed by atoms with van der Waals surface area (Å²) in [5, 5.41) is 1.20. The Hall–Kier alpha value is -2.75. The Labute approximate surface area is 167 Å². The van der Waals surface area contributed by atoms with Crippen molar-refractivity contribution in [2.24, 2.45) is 7.05 Å². The molecule has 1 fully saturated rings. The number of carbonyl (C=O) groups excluding carboxylic acids is 1. The van der Waals surface area contributed by atoms with Gasteiger partial charge in [0.1, 0.15) is 0 Å². The average Bonchev–Trinajstić information content (AvgIpc) is 2.95. The number of hydrogen-bond donors (Lipinski definition) is 0. The molecule has 0 aliphatic carbocycles. The van der Waals surface area contributed by atoms with Crippen molar-refractivity contribution in [1.29, 1.82) is 0 Å². The number of fused-ring (bicyclic) bond motifs is 1. The number of anilines is 1. The largest absolute Gasteiger partial charge is 0.368 e. The van der Waals surface area contributed by atoms with E-state index in [1.807, 2.05) is 4.90 Å². The monoisotopic (exact) mass is 375 g/mol. The number of benzene rings is 2. The maximum atomic E-state index is 13.0. The van der Waals surface area contributed by atoms with E-state index in [1.54, 1.807) is 0 Å². The smallest absolute Gasteiger partial charge is 0.227 e. The maximum Gasteiger partial charge on any atom is 0.227 e. The summed E-state index contributed by atoms with van der Waals surface area (Å²) >= 11 is 0. The van der Waals surface area contributed by atoms with E-state index in [2.05, 4.69) is 79.8 Å². The first-order valence-corrected chi connectivity index (χ1v) is 10.1. The molecule has 0 radical (unpaired) electrons. The lowest BCUT2D eigenvalue weighted by atomic mass is 10.1. The normalized spacial score (nSPS) is 14.7. The fraction of sp³-hybridized carbons (Fsp3) is 0.375. The molecule has 0 N–H and O–H groups in total. The van der Waals surface area contributed by atoms with Crippen LogP contribution in [-0.2, 0) is 18.3 Å². The minimum Gasteiger partial charge on any atom is -0.368 e. The second-order valence-corrected chi connectivity index (χ2v) is 7.90. The van der Waals surface area contributed by atoms with Crippen molar-refractivity contribution in [1.82, 2.24) is 9.47 Å². The third-order valence-corrected chi connectivity index (χ3v) is 6.41. The summed E-state index contributed by atoms with van der Waals surface area (Å²) < 4.78 is 2.19. The van der Waals surface area contributed by atoms with Crippen molar-refractivity contribution in [2.45, 2.75) is 27.2 Å². The average molecular weight is 376 g/mol. The van der Waals surface area contributed by atoms with Crippen LogP contribution in [0.15, 0.2) is 42.5 Å². The Kier molecular flexibility index (Phi) is 4.88. The molecule has 4 rings (SSSR count). The highest BCUT2D eigenvalue weighted by Crippen LogP contribution is 2.27. The second kappa shape index (κ2) is 7.34. The van der Waals surface area contributed by atoms with Crippen LogP contribution < -0.4 is 4.90 Å². The third-order valence-electron chi connectivity index (χ3n) is 6.41. The van der Waals surface area contributed by atoms with Gasteiger partial charge < -0.3 is 14.4 Å². The Morgan fingerprint density at radius 3 is 2.39 bits per heavy atom. The van der Waals surface area contributed by atoms with Crippen LogP contribution in [0, 0.1) is 20.8 Å². The van der Waals surface area contributed by atoms with Gasteiger partial charge in [0.25, 0.3) is 0 Å². The highest BCUT2D eigenvalue weighted by atomic mass is 16.2. The number of amides is 1. The summed E-state index contributed by atoms with van der Waals surface area (Å²) in [7, 11) is 2.08. The topological polar surface area (TPSA) is 28.5 Å². The molecule has 0 spiro atoms. The molecule has 2 heterocycles. The number of aryl methyl sites for hydroxylation is 2. The number of rotatable bonds is 3. The van der Waals surface area contributed by atoms with Gasteiger partial charge in [-0.05, 0) is 49.6 Å². The van der Waals surface area contributed by atoms with Gasteiger partial charge in [-0.1, -0.05) is 30.3 Å². The fourth-order valence-electron chi connectivity index (χ4n) is 4.36. The van der Waals surface area contributed by atoms with Crippen molar-refractivity contribution >= 4 is 22.5 Å². The number of hydrogen-bond acceptors (Lipinski definition) is 2. The Balaban J connectivity index is 1.47. The van der Waals surface area contributed by atoms with Crippen LogP contribution in [0.5, 0.6) is 0 Å². The van der Waals surface area contributed by atoms with Gasteiger partial charge in [-0.25, -0.2) is 0 Å². The maximum absolute atomic E-state index is 13.0. The minimum atomic E-state index is 0.236. The molecule has 0 saturated carbocycles. The molecule has 28 heavy (non-hydrogen) atoms. The molecule has 0 atom stereocenters. The number of piperazine rings is 1. The van der Waals surface area contributed by atoms with Gasteiger partial charge in [-0.15, -0.1) is 0 Å². The lowest BCUT2D eigenvalue weighted by Crippen LogP contribution is -2.49. The fourth-order valence-corrected chi connectivity index (χ4v) is 4.36. The summed E-state index contributed by atoms with van der Waals surface area (Å²) in [6.07, 6.45) is 0.483. The summed E-state index contributed by atoms with van der Waals surface area (Å²) in [6, 6.07) is 14.8. The molecule has 3 aromatic rings. The van der Waals surface area contributed by atoms with Gasteiger partial charge in [0.05, 0.1) is 6.42 Å².